The number of fused-ring (bicyclic) bond motifs is 1. The van der Waals surface area contributed by atoms with Crippen LogP contribution in [0.3, 0.4) is 0 Å². The minimum Gasteiger partial charge on any atom is -0.351 e. The number of primary amides is 1. The van der Waals surface area contributed by atoms with Crippen molar-refractivity contribution < 1.29 is 9.59 Å². The van der Waals surface area contributed by atoms with Crippen molar-refractivity contribution in [3.05, 3.63) is 51.4 Å². The molecule has 0 aliphatic carbocycles. The highest BCUT2D eigenvalue weighted by Crippen LogP contribution is 2.27. The highest BCUT2D eigenvalue weighted by molar-refractivity contribution is 7.20. The number of amides is 3. The molecule has 0 saturated heterocycles. The number of hydrogen-bond acceptors (Lipinski definition) is 5. The molecule has 0 aliphatic rings. The zero-order chi connectivity index (χ0) is 18.1. The lowest BCUT2D eigenvalue weighted by atomic mass is 10.2. The fourth-order valence-corrected chi connectivity index (χ4v) is 3.46. The van der Waals surface area contributed by atoms with Crippen molar-refractivity contribution in [1.29, 1.82) is 0 Å². The maximum Gasteiger partial charge on any atom is 0.316 e. The Morgan fingerprint density at radius 1 is 1.24 bits per heavy atom. The second kappa shape index (κ2) is 6.36. The van der Waals surface area contributed by atoms with E-state index in [1.807, 2.05) is 0 Å². The Labute approximate surface area is 146 Å². The number of nitrogens with one attached hydrogen (secondary N) is 2. The molecule has 3 aromatic rings. The summed E-state index contributed by atoms with van der Waals surface area (Å²) in [5.41, 5.74) is 6.45. The first-order valence-corrected chi connectivity index (χ1v) is 8.11. The van der Waals surface area contributed by atoms with Crippen LogP contribution in [-0.4, -0.2) is 21.5 Å². The standard InChI is InChI=1S/C16H15N5O3S/c1-8-11-14(18-7-21(2)15(11)23)25-12(8)13(22)19-9-4-3-5-10(6-9)20-16(17)24/h3-7H,1-2H3,(H,19,22)(H3,17,20,24). The largest absolute Gasteiger partial charge is 0.351 e. The zero-order valence-corrected chi connectivity index (χ0v) is 14.3. The Bertz CT molecular complexity index is 1050. The lowest BCUT2D eigenvalue weighted by molar-refractivity contribution is 0.103. The predicted octanol–water partition coefficient (Wildman–Crippen LogP) is 2.05. The Hall–Kier alpha value is -3.20. The number of carbonyl (C=O) groups is 2. The van der Waals surface area contributed by atoms with E-state index in [0.29, 0.717) is 32.0 Å². The molecule has 0 saturated carbocycles. The van der Waals surface area contributed by atoms with Crippen molar-refractivity contribution in [2.45, 2.75) is 6.92 Å². The number of hydrogen-bond donors (Lipinski definition) is 3. The molecule has 2 heterocycles. The van der Waals surface area contributed by atoms with Gasteiger partial charge >= 0.3 is 6.03 Å². The third-order valence-electron chi connectivity index (χ3n) is 3.60. The second-order valence-corrected chi connectivity index (χ2v) is 6.42. The first kappa shape index (κ1) is 16.7. The molecule has 0 fully saturated rings. The molecule has 3 rings (SSSR count). The summed E-state index contributed by atoms with van der Waals surface area (Å²) in [7, 11) is 1.61. The Kier molecular flexibility index (Phi) is 4.24. The molecule has 3 amide bonds. The summed E-state index contributed by atoms with van der Waals surface area (Å²) in [5.74, 6) is -0.348. The fraction of sp³-hybridized carbons (Fsp3) is 0.125. The van der Waals surface area contributed by atoms with Crippen LogP contribution in [0.2, 0.25) is 0 Å². The van der Waals surface area contributed by atoms with E-state index in [-0.39, 0.29) is 11.5 Å². The molecule has 0 atom stereocenters. The Morgan fingerprint density at radius 2 is 1.92 bits per heavy atom. The lowest BCUT2D eigenvalue weighted by Crippen LogP contribution is -2.19. The van der Waals surface area contributed by atoms with Gasteiger partial charge in [0.1, 0.15) is 4.83 Å². The van der Waals surface area contributed by atoms with E-state index in [0.717, 1.165) is 11.3 Å². The minimum atomic E-state index is -0.689. The van der Waals surface area contributed by atoms with Gasteiger partial charge in [-0.25, -0.2) is 9.78 Å². The lowest BCUT2D eigenvalue weighted by Gasteiger charge is -2.07. The molecule has 1 aromatic carbocycles. The van der Waals surface area contributed by atoms with Gasteiger partial charge < -0.3 is 20.9 Å². The van der Waals surface area contributed by atoms with Crippen LogP contribution in [0, 0.1) is 6.92 Å². The van der Waals surface area contributed by atoms with Crippen molar-refractivity contribution in [1.82, 2.24) is 9.55 Å². The first-order chi connectivity index (χ1) is 11.9. The van der Waals surface area contributed by atoms with E-state index in [9.17, 15) is 14.4 Å². The van der Waals surface area contributed by atoms with Crippen LogP contribution >= 0.6 is 11.3 Å². The van der Waals surface area contributed by atoms with Gasteiger partial charge in [0.05, 0.1) is 16.6 Å². The fourth-order valence-electron chi connectivity index (χ4n) is 2.43. The molecule has 2 aromatic heterocycles. The topological polar surface area (TPSA) is 119 Å². The van der Waals surface area contributed by atoms with Crippen molar-refractivity contribution in [3.63, 3.8) is 0 Å². The van der Waals surface area contributed by atoms with Crippen LogP contribution in [0.5, 0.6) is 0 Å². The Balaban J connectivity index is 1.93. The van der Waals surface area contributed by atoms with Gasteiger partial charge in [0, 0.05) is 18.4 Å². The summed E-state index contributed by atoms with van der Waals surface area (Å²) in [5, 5.41) is 5.64. The average molecular weight is 357 g/mol. The first-order valence-electron chi connectivity index (χ1n) is 7.29. The van der Waals surface area contributed by atoms with Gasteiger partial charge in [0.2, 0.25) is 0 Å². The molecule has 0 radical (unpaired) electrons. The number of nitrogens with two attached hydrogens (primary N) is 1. The van der Waals surface area contributed by atoms with Crippen molar-refractivity contribution in [2.75, 3.05) is 10.6 Å². The van der Waals surface area contributed by atoms with Crippen LogP contribution in [0.15, 0.2) is 35.4 Å². The van der Waals surface area contributed by atoms with Crippen LogP contribution in [0.25, 0.3) is 10.2 Å². The molecule has 0 spiro atoms. The number of nitrogens with zero attached hydrogens (tertiary/aromatic N) is 2. The molecule has 0 unspecified atom stereocenters. The summed E-state index contributed by atoms with van der Waals surface area (Å²) in [6.07, 6.45) is 1.43. The quantitative estimate of drug-likeness (QED) is 0.664. The summed E-state index contributed by atoms with van der Waals surface area (Å²) >= 11 is 1.16. The monoisotopic (exact) mass is 357 g/mol. The number of aromatic nitrogens is 2. The van der Waals surface area contributed by atoms with E-state index >= 15 is 0 Å². The van der Waals surface area contributed by atoms with Crippen molar-refractivity contribution in [3.8, 4) is 0 Å². The van der Waals surface area contributed by atoms with Gasteiger partial charge in [-0.2, -0.15) is 0 Å². The molecular formula is C16H15N5O3S. The van der Waals surface area contributed by atoms with E-state index < -0.39 is 6.03 Å². The number of anilines is 2. The third-order valence-corrected chi connectivity index (χ3v) is 4.80. The molecule has 4 N–H and O–H groups in total. The van der Waals surface area contributed by atoms with Crippen LogP contribution in [-0.2, 0) is 7.05 Å². The molecule has 8 nitrogen and oxygen atoms in total. The zero-order valence-electron chi connectivity index (χ0n) is 13.5. The number of aryl methyl sites for hydroxylation is 2. The number of rotatable bonds is 3. The SMILES string of the molecule is Cc1c(C(=O)Nc2cccc(NC(N)=O)c2)sc2ncn(C)c(=O)c12. The highest BCUT2D eigenvalue weighted by atomic mass is 32.1. The van der Waals surface area contributed by atoms with Gasteiger partial charge in [0.25, 0.3) is 11.5 Å². The predicted molar refractivity (Wildman–Crippen MR) is 97.2 cm³/mol. The van der Waals surface area contributed by atoms with E-state index in [1.54, 1.807) is 38.2 Å². The number of thiophene rings is 1. The Morgan fingerprint density at radius 3 is 2.60 bits per heavy atom. The number of urea groups is 1. The van der Waals surface area contributed by atoms with Crippen molar-refractivity contribution in [2.24, 2.45) is 12.8 Å². The van der Waals surface area contributed by atoms with Gasteiger partial charge in [-0.15, -0.1) is 11.3 Å². The van der Waals surface area contributed by atoms with Gasteiger partial charge in [0.15, 0.2) is 0 Å². The number of carbonyl (C=O) groups excluding carboxylic acids is 2. The number of benzene rings is 1. The molecule has 128 valence electrons. The van der Waals surface area contributed by atoms with E-state index in [2.05, 4.69) is 15.6 Å². The summed E-state index contributed by atoms with van der Waals surface area (Å²) in [4.78, 5) is 40.9. The summed E-state index contributed by atoms with van der Waals surface area (Å²) in [6.45, 7) is 1.72. The molecule has 9 heteroatoms. The van der Waals surface area contributed by atoms with Crippen LogP contribution < -0.4 is 21.9 Å². The molecule has 25 heavy (non-hydrogen) atoms. The molecular weight excluding hydrogens is 342 g/mol. The van der Waals surface area contributed by atoms with E-state index in [4.69, 9.17) is 5.73 Å². The van der Waals surface area contributed by atoms with E-state index in [1.165, 1.54) is 10.9 Å². The molecule has 0 aliphatic heterocycles. The third kappa shape index (κ3) is 3.22. The van der Waals surface area contributed by atoms with Gasteiger partial charge in [-0.3, -0.25) is 9.59 Å². The van der Waals surface area contributed by atoms with Crippen molar-refractivity contribution >= 4 is 44.9 Å². The average Bonchev–Trinajstić information content (AvgIpc) is 2.88. The summed E-state index contributed by atoms with van der Waals surface area (Å²) < 4.78 is 1.38. The maximum absolute atomic E-state index is 12.6. The smallest absolute Gasteiger partial charge is 0.316 e. The minimum absolute atomic E-state index is 0.189. The normalized spacial score (nSPS) is 10.6. The highest BCUT2D eigenvalue weighted by Gasteiger charge is 2.19. The van der Waals surface area contributed by atoms with Crippen LogP contribution in [0.4, 0.5) is 16.2 Å². The van der Waals surface area contributed by atoms with Crippen LogP contribution in [0.1, 0.15) is 15.2 Å². The molecule has 0 bridgehead atoms. The second-order valence-electron chi connectivity index (χ2n) is 5.42. The summed E-state index contributed by atoms with van der Waals surface area (Å²) in [6, 6.07) is 5.91. The van der Waals surface area contributed by atoms with Gasteiger partial charge in [-0.1, -0.05) is 6.07 Å². The maximum atomic E-state index is 12.6. The van der Waals surface area contributed by atoms with Gasteiger partial charge in [-0.05, 0) is 30.7 Å².